The number of carboxylic acids is 8. The number of hydrogen-bond donors (Lipinski definition) is 8. The van der Waals surface area contributed by atoms with Crippen molar-refractivity contribution in [2.45, 2.75) is 125 Å². The van der Waals surface area contributed by atoms with Crippen molar-refractivity contribution in [3.63, 3.8) is 0 Å². The summed E-state index contributed by atoms with van der Waals surface area (Å²) in [5.41, 5.74) is -2.33. The van der Waals surface area contributed by atoms with Crippen molar-refractivity contribution in [1.82, 2.24) is 19.9 Å². The Morgan fingerprint density at radius 1 is 0.540 bits per heavy atom. The Hall–Kier alpha value is -6.35. The zero-order chi connectivity index (χ0) is 45.8. The summed E-state index contributed by atoms with van der Waals surface area (Å²) in [7, 11) is 0. The summed E-state index contributed by atoms with van der Waals surface area (Å²) in [4.78, 5) is 117. The van der Waals surface area contributed by atoms with Gasteiger partial charge in [0.15, 0.2) is 0 Å². The van der Waals surface area contributed by atoms with Gasteiger partial charge in [0.2, 0.25) is 0 Å². The third-order valence-corrected chi connectivity index (χ3v) is 12.1. The maximum absolute atomic E-state index is 12.6. The summed E-state index contributed by atoms with van der Waals surface area (Å²) in [6.07, 6.45) is -5.11. The van der Waals surface area contributed by atoms with Crippen LogP contribution in [-0.4, -0.2) is 98.6 Å². The Bertz CT molecular complexity index is 2410. The average Bonchev–Trinajstić information content (AvgIpc) is 3.77. The van der Waals surface area contributed by atoms with Crippen LogP contribution < -0.4 is 9.97 Å². The van der Waals surface area contributed by atoms with Gasteiger partial charge in [0.25, 0.3) is 0 Å². The van der Waals surface area contributed by atoms with Gasteiger partial charge >= 0.3 is 64.5 Å². The molecule has 0 radical (unpaired) electrons. The first-order chi connectivity index (χ1) is 29.0. The van der Waals surface area contributed by atoms with Crippen molar-refractivity contribution < 1.29 is 96.0 Å². The largest absolute Gasteiger partial charge is 3.00 e. The summed E-state index contributed by atoms with van der Waals surface area (Å²) >= 11 is 0. The predicted molar refractivity (Wildman–Crippen MR) is 211 cm³/mol. The Morgan fingerprint density at radius 2 is 1.08 bits per heavy atom. The van der Waals surface area contributed by atoms with E-state index in [9.17, 15) is 79.2 Å². The van der Waals surface area contributed by atoms with E-state index in [1.165, 1.54) is 31.2 Å². The number of hydrogen-bond acceptors (Lipinski definition) is 10. The quantitative estimate of drug-likeness (QED) is 0.0933. The Balaban J connectivity index is 0.00000871. The van der Waals surface area contributed by atoms with E-state index in [2.05, 4.69) is 0 Å². The first kappa shape index (κ1) is 49.3. The van der Waals surface area contributed by atoms with E-state index in [0.29, 0.717) is 0 Å². The second kappa shape index (κ2) is 19.8. The first-order valence-electron chi connectivity index (χ1n) is 19.7. The van der Waals surface area contributed by atoms with Gasteiger partial charge < -0.3 is 50.8 Å². The van der Waals surface area contributed by atoms with Crippen molar-refractivity contribution in [2.75, 3.05) is 0 Å². The van der Waals surface area contributed by atoms with Gasteiger partial charge in [0, 0.05) is 71.6 Å². The second-order valence-electron chi connectivity index (χ2n) is 16.4. The molecule has 0 saturated carbocycles. The summed E-state index contributed by atoms with van der Waals surface area (Å²) in [6.45, 7) is 3.08. The van der Waals surface area contributed by atoms with Crippen molar-refractivity contribution in [3.05, 3.63) is 69.6 Å². The molecule has 0 spiro atoms. The fourth-order valence-electron chi connectivity index (χ4n) is 9.19. The minimum absolute atomic E-state index is 0. The molecule has 6 atom stereocenters. The summed E-state index contributed by atoms with van der Waals surface area (Å²) in [5.74, 6) is -14.0. The van der Waals surface area contributed by atoms with Crippen LogP contribution in [0.25, 0.3) is 11.0 Å². The zero-order valence-electron chi connectivity index (χ0n) is 34.1. The van der Waals surface area contributed by atoms with Crippen LogP contribution >= 0.6 is 0 Å². The van der Waals surface area contributed by atoms with Crippen LogP contribution in [0.2, 0.25) is 0 Å². The van der Waals surface area contributed by atoms with E-state index in [1.807, 2.05) is 0 Å². The van der Waals surface area contributed by atoms with E-state index in [-0.39, 0.29) is 98.8 Å². The van der Waals surface area contributed by atoms with Crippen molar-refractivity contribution >= 4 is 58.8 Å². The van der Waals surface area contributed by atoms with Crippen LogP contribution in [0.4, 0.5) is 0 Å². The normalized spacial score (nSPS) is 22.0. The molecule has 20 nitrogen and oxygen atoms in total. The molecular formula is C42H46CoN4O16+. The van der Waals surface area contributed by atoms with Crippen LogP contribution in [0, 0.1) is 0 Å². The number of nitrogens with zero attached hydrogens (tertiary/aromatic N) is 4. The summed E-state index contributed by atoms with van der Waals surface area (Å²) in [5, 5.41) is 79.7. The van der Waals surface area contributed by atoms with Crippen LogP contribution in [0.15, 0.2) is 24.3 Å². The van der Waals surface area contributed by atoms with Gasteiger partial charge in [-0.3, -0.25) is 48.3 Å². The number of aromatic nitrogens is 4. The van der Waals surface area contributed by atoms with Gasteiger partial charge in [-0.15, -0.1) is 11.0 Å². The first-order valence-corrected chi connectivity index (χ1v) is 19.7. The molecule has 0 saturated heterocycles. The van der Waals surface area contributed by atoms with Gasteiger partial charge in [-0.05, 0) is 42.6 Å². The van der Waals surface area contributed by atoms with E-state index >= 15 is 0 Å². The molecule has 8 bridgehead atoms. The molecule has 63 heavy (non-hydrogen) atoms. The number of carbonyl (C=O) groups is 8. The molecule has 8 N–H and O–H groups in total. The number of aliphatic carboxylic acids is 8. The molecule has 2 aromatic rings. The molecule has 3 aliphatic heterocycles. The Labute approximate surface area is 368 Å². The number of carboxylic acid groups (broad SMARTS) is 8. The number of aryl methyl sites for hydroxylation is 1. The maximum Gasteiger partial charge on any atom is 3.00 e. The van der Waals surface area contributed by atoms with Crippen LogP contribution in [0.1, 0.15) is 147 Å². The molecule has 0 amide bonds. The van der Waals surface area contributed by atoms with Gasteiger partial charge in [-0.25, -0.2) is 0 Å². The standard InChI is InChI=1S/C42H47N4O16.Co/c1-41(17-39(59)60)23(5-9-35(51)52)29-14-27-21(11-37(55)56)19(3-7-33(47)48)25(43-27)13-26-20(4-8-34(49)50)22(12-38(57)58)28(44-26)15-31-42(2,18-40(61)62)24(6-10-36(53)54)30(46-31)16-32(41)45-29;/h13-16,19,21,23-24H,3-12,17-18H2,1-2H3,(H9,43,45,46,47,48,49,50,51,52,53,54,55,56,57,58,59,60,61,62);/q-1;+3/p-1/t19?,21?,23-,24-,41+,42+;/m1./s1. The van der Waals surface area contributed by atoms with E-state index < -0.39 is 134 Å². The molecule has 5 rings (SSSR count). The van der Waals surface area contributed by atoms with Crippen LogP contribution in [0.3, 0.4) is 0 Å². The summed E-state index contributed by atoms with van der Waals surface area (Å²) < 4.78 is 0. The molecule has 0 fully saturated rings. The van der Waals surface area contributed by atoms with Crippen LogP contribution in [0.5, 0.6) is 0 Å². The molecule has 338 valence electrons. The monoisotopic (exact) mass is 921 g/mol. The molecule has 0 aliphatic carbocycles. The molecular weight excluding hydrogens is 875 g/mol. The van der Waals surface area contributed by atoms with E-state index in [4.69, 9.17) is 19.9 Å². The van der Waals surface area contributed by atoms with Gasteiger partial charge in [-0.1, -0.05) is 43.7 Å². The fourth-order valence-corrected chi connectivity index (χ4v) is 9.19. The van der Waals surface area contributed by atoms with Gasteiger partial charge in [0.1, 0.15) is 0 Å². The number of rotatable bonds is 20. The smallest absolute Gasteiger partial charge is 0.664 e. The third-order valence-electron chi connectivity index (χ3n) is 12.1. The molecule has 3 aliphatic rings. The van der Waals surface area contributed by atoms with Gasteiger partial charge in [0.05, 0.1) is 25.7 Å². The van der Waals surface area contributed by atoms with E-state index in [0.717, 1.165) is 0 Å². The van der Waals surface area contributed by atoms with Gasteiger partial charge in [-0.2, -0.15) is 11.4 Å². The molecule has 21 heteroatoms. The minimum Gasteiger partial charge on any atom is -0.664 e. The Morgan fingerprint density at radius 3 is 1.63 bits per heavy atom. The fraction of sp³-hybridized carbons (Fsp3) is 0.476. The van der Waals surface area contributed by atoms with E-state index in [1.54, 1.807) is 6.92 Å². The predicted octanol–water partition coefficient (Wildman–Crippen LogP) is 3.91. The topological polar surface area (TPSA) is 352 Å². The van der Waals surface area contributed by atoms with Crippen LogP contribution in [-0.2, 0) is 78.8 Å². The SMILES string of the molecule is C[C@@]1(CC(=O)O)c2cc3[n-]c(cc4nc(cc5[n-]c(cc(n2)[C@H]1CCC(=O)O)[C@@](C)(CC(=O)O)[C@@H]5CCC(=O)O)C(CC(=O)O)C4CCC(=O)O)c(CCC(=O)O)c3CC(=O)O.[Co+3]. The third kappa shape index (κ3) is 11.2. The average molecular weight is 922 g/mol. The summed E-state index contributed by atoms with van der Waals surface area (Å²) in [6, 6.07) is 5.58. The van der Waals surface area contributed by atoms with Crippen molar-refractivity contribution in [1.29, 1.82) is 0 Å². The zero-order valence-corrected chi connectivity index (χ0v) is 35.1. The van der Waals surface area contributed by atoms with Crippen molar-refractivity contribution in [2.24, 2.45) is 0 Å². The Kier molecular flexibility index (Phi) is 15.5. The molecule has 5 heterocycles. The number of fused-ring (bicyclic) bond motifs is 8. The second-order valence-corrected chi connectivity index (χ2v) is 16.4. The molecule has 2 unspecified atom stereocenters. The maximum atomic E-state index is 12.6. The van der Waals surface area contributed by atoms with Crippen molar-refractivity contribution in [3.8, 4) is 0 Å². The molecule has 0 aromatic carbocycles. The molecule has 2 aromatic heterocycles. The minimum atomic E-state index is -1.51.